The lowest BCUT2D eigenvalue weighted by atomic mass is 10.3. The Balaban J connectivity index is 1.84. The van der Waals surface area contributed by atoms with Crippen LogP contribution in [0.15, 0.2) is 47.4 Å². The predicted octanol–water partition coefficient (Wildman–Crippen LogP) is 4.82. The third-order valence-electron chi connectivity index (χ3n) is 2.44. The molecule has 0 atom stereocenters. The summed E-state index contributed by atoms with van der Waals surface area (Å²) in [5, 5.41) is 3.79. The highest BCUT2D eigenvalue weighted by Crippen LogP contribution is 2.24. The van der Waals surface area contributed by atoms with E-state index in [9.17, 15) is 8.78 Å². The Hall–Kier alpha value is -1.26. The van der Waals surface area contributed by atoms with E-state index in [1.54, 1.807) is 6.07 Å². The average Bonchev–Trinajstić information content (AvgIpc) is 2.40. The summed E-state index contributed by atoms with van der Waals surface area (Å²) in [6.07, 6.45) is 0. The third-order valence-corrected chi connectivity index (χ3v) is 3.80. The number of nitrogens with one attached hydrogen (secondary N) is 1. The van der Waals surface area contributed by atoms with E-state index in [-0.39, 0.29) is 0 Å². The molecule has 2 aromatic rings. The van der Waals surface area contributed by atoms with Crippen molar-refractivity contribution in [1.29, 1.82) is 0 Å². The zero-order chi connectivity index (χ0) is 13.7. The SMILES string of the molecule is Fc1ccc(F)c(SCCNc2ccccc2Cl)c1. The van der Waals surface area contributed by atoms with E-state index >= 15 is 0 Å². The molecule has 1 nitrogen and oxygen atoms in total. The van der Waals surface area contributed by atoms with Crippen LogP contribution in [0.3, 0.4) is 0 Å². The van der Waals surface area contributed by atoms with Gasteiger partial charge in [-0.1, -0.05) is 23.7 Å². The van der Waals surface area contributed by atoms with E-state index in [0.29, 0.717) is 22.2 Å². The molecule has 100 valence electrons. The summed E-state index contributed by atoms with van der Waals surface area (Å²) in [6.45, 7) is 0.615. The van der Waals surface area contributed by atoms with E-state index in [4.69, 9.17) is 11.6 Å². The normalized spacial score (nSPS) is 10.5. The lowest BCUT2D eigenvalue weighted by molar-refractivity contribution is 0.577. The summed E-state index contributed by atoms with van der Waals surface area (Å²) in [5.41, 5.74) is 0.837. The molecule has 0 saturated heterocycles. The molecule has 0 heterocycles. The van der Waals surface area contributed by atoms with Gasteiger partial charge in [0.25, 0.3) is 0 Å². The smallest absolute Gasteiger partial charge is 0.136 e. The van der Waals surface area contributed by atoms with Crippen molar-refractivity contribution in [2.75, 3.05) is 17.6 Å². The molecule has 0 saturated carbocycles. The van der Waals surface area contributed by atoms with Gasteiger partial charge in [-0.3, -0.25) is 0 Å². The van der Waals surface area contributed by atoms with Gasteiger partial charge in [-0.05, 0) is 30.3 Å². The standard InChI is InChI=1S/C14H12ClF2NS/c15-11-3-1-2-4-13(11)18-7-8-19-14-9-10(16)5-6-12(14)17/h1-6,9,18H,7-8H2. The van der Waals surface area contributed by atoms with Crippen LogP contribution in [0.2, 0.25) is 5.02 Å². The molecule has 0 aliphatic heterocycles. The van der Waals surface area contributed by atoms with Gasteiger partial charge in [0.2, 0.25) is 0 Å². The minimum Gasteiger partial charge on any atom is -0.383 e. The Morgan fingerprint density at radius 3 is 2.68 bits per heavy atom. The van der Waals surface area contributed by atoms with Crippen LogP contribution in [0.5, 0.6) is 0 Å². The molecule has 19 heavy (non-hydrogen) atoms. The van der Waals surface area contributed by atoms with Crippen LogP contribution in [-0.4, -0.2) is 12.3 Å². The molecule has 0 bridgehead atoms. The molecular formula is C14H12ClF2NS. The fourth-order valence-corrected chi connectivity index (χ4v) is 2.57. The molecule has 0 amide bonds. The molecule has 1 N–H and O–H groups in total. The summed E-state index contributed by atoms with van der Waals surface area (Å²) in [5.74, 6) is -0.210. The van der Waals surface area contributed by atoms with Gasteiger partial charge in [0.05, 0.1) is 10.7 Å². The van der Waals surface area contributed by atoms with Crippen LogP contribution in [-0.2, 0) is 0 Å². The summed E-state index contributed by atoms with van der Waals surface area (Å²) in [4.78, 5) is 0.320. The Kier molecular flexibility index (Phi) is 5.05. The number of para-hydroxylation sites is 1. The van der Waals surface area contributed by atoms with E-state index in [1.165, 1.54) is 17.8 Å². The van der Waals surface area contributed by atoms with Gasteiger partial charge in [-0.15, -0.1) is 11.8 Å². The van der Waals surface area contributed by atoms with Crippen molar-refractivity contribution in [3.63, 3.8) is 0 Å². The molecule has 0 aliphatic rings. The van der Waals surface area contributed by atoms with E-state index in [0.717, 1.165) is 17.8 Å². The lowest BCUT2D eigenvalue weighted by Crippen LogP contribution is -2.04. The highest BCUT2D eigenvalue weighted by Gasteiger charge is 2.04. The van der Waals surface area contributed by atoms with Gasteiger partial charge in [0, 0.05) is 17.2 Å². The number of rotatable bonds is 5. The molecule has 2 rings (SSSR count). The second-order valence-corrected chi connectivity index (χ2v) is 5.37. The minimum absolute atomic E-state index is 0.320. The first-order valence-corrected chi connectivity index (χ1v) is 7.09. The first-order chi connectivity index (χ1) is 9.16. The van der Waals surface area contributed by atoms with Gasteiger partial charge < -0.3 is 5.32 Å². The topological polar surface area (TPSA) is 12.0 Å². The Bertz CT molecular complexity index is 563. The van der Waals surface area contributed by atoms with Crippen LogP contribution < -0.4 is 5.32 Å². The second kappa shape index (κ2) is 6.78. The molecule has 0 radical (unpaired) electrons. The number of benzene rings is 2. The van der Waals surface area contributed by atoms with Gasteiger partial charge in [0.1, 0.15) is 11.6 Å². The zero-order valence-electron chi connectivity index (χ0n) is 10.00. The molecular weight excluding hydrogens is 288 g/mol. The molecule has 0 unspecified atom stereocenters. The minimum atomic E-state index is -0.428. The highest BCUT2D eigenvalue weighted by molar-refractivity contribution is 7.99. The first-order valence-electron chi connectivity index (χ1n) is 5.73. The van der Waals surface area contributed by atoms with Crippen LogP contribution in [0.1, 0.15) is 0 Å². The molecule has 0 aromatic heterocycles. The largest absolute Gasteiger partial charge is 0.383 e. The lowest BCUT2D eigenvalue weighted by Gasteiger charge is -2.08. The van der Waals surface area contributed by atoms with Crippen molar-refractivity contribution in [1.82, 2.24) is 0 Å². The summed E-state index contributed by atoms with van der Waals surface area (Å²) >= 11 is 7.25. The van der Waals surface area contributed by atoms with Crippen LogP contribution in [0.4, 0.5) is 14.5 Å². The Morgan fingerprint density at radius 2 is 1.89 bits per heavy atom. The maximum atomic E-state index is 13.4. The fourth-order valence-electron chi connectivity index (χ4n) is 1.54. The van der Waals surface area contributed by atoms with Crippen molar-refractivity contribution >= 4 is 29.1 Å². The molecule has 0 aliphatic carbocycles. The molecule has 2 aromatic carbocycles. The third kappa shape index (κ3) is 4.11. The number of halogens is 3. The van der Waals surface area contributed by atoms with Crippen molar-refractivity contribution in [2.24, 2.45) is 0 Å². The van der Waals surface area contributed by atoms with Crippen LogP contribution in [0.25, 0.3) is 0 Å². The van der Waals surface area contributed by atoms with Gasteiger partial charge in [-0.2, -0.15) is 0 Å². The maximum Gasteiger partial charge on any atom is 0.136 e. The fraction of sp³-hybridized carbons (Fsp3) is 0.143. The summed E-state index contributed by atoms with van der Waals surface area (Å²) in [7, 11) is 0. The second-order valence-electron chi connectivity index (χ2n) is 3.83. The van der Waals surface area contributed by atoms with E-state index < -0.39 is 11.6 Å². The van der Waals surface area contributed by atoms with Gasteiger partial charge in [0.15, 0.2) is 0 Å². The Morgan fingerprint density at radius 1 is 1.11 bits per heavy atom. The number of thioether (sulfide) groups is 1. The molecule has 5 heteroatoms. The Labute approximate surface area is 120 Å². The maximum absolute atomic E-state index is 13.4. The monoisotopic (exact) mass is 299 g/mol. The highest BCUT2D eigenvalue weighted by atomic mass is 35.5. The van der Waals surface area contributed by atoms with E-state index in [1.807, 2.05) is 18.2 Å². The first kappa shape index (κ1) is 14.2. The van der Waals surface area contributed by atoms with Crippen molar-refractivity contribution in [3.8, 4) is 0 Å². The van der Waals surface area contributed by atoms with Crippen LogP contribution >= 0.6 is 23.4 Å². The zero-order valence-corrected chi connectivity index (χ0v) is 11.6. The molecule has 0 spiro atoms. The molecule has 0 fully saturated rings. The van der Waals surface area contributed by atoms with E-state index in [2.05, 4.69) is 5.32 Å². The predicted molar refractivity (Wildman–Crippen MR) is 77.0 cm³/mol. The average molecular weight is 300 g/mol. The van der Waals surface area contributed by atoms with Crippen LogP contribution in [0, 0.1) is 11.6 Å². The van der Waals surface area contributed by atoms with Gasteiger partial charge >= 0.3 is 0 Å². The van der Waals surface area contributed by atoms with Crippen molar-refractivity contribution in [3.05, 3.63) is 59.1 Å². The van der Waals surface area contributed by atoms with Crippen molar-refractivity contribution < 1.29 is 8.78 Å². The summed E-state index contributed by atoms with van der Waals surface area (Å²) < 4.78 is 26.3. The quantitative estimate of drug-likeness (QED) is 0.627. The van der Waals surface area contributed by atoms with Crippen molar-refractivity contribution in [2.45, 2.75) is 4.90 Å². The number of anilines is 1. The van der Waals surface area contributed by atoms with Gasteiger partial charge in [-0.25, -0.2) is 8.78 Å². The number of hydrogen-bond acceptors (Lipinski definition) is 2. The summed E-state index contributed by atoms with van der Waals surface area (Å²) in [6, 6.07) is 10.9. The number of hydrogen-bond donors (Lipinski definition) is 1.